The third-order valence-corrected chi connectivity index (χ3v) is 20.1. The van der Waals surface area contributed by atoms with Gasteiger partial charge in [0.15, 0.2) is 6.29 Å². The molecule has 36 heteroatoms. The predicted octanol–water partition coefficient (Wildman–Crippen LogP) is -2.11. The van der Waals surface area contributed by atoms with E-state index in [1.165, 1.54) is 40.0 Å². The molecular weight excluding hydrogens is 1490 g/mol. The van der Waals surface area contributed by atoms with Gasteiger partial charge in [0.05, 0.1) is 31.9 Å². The average molecular weight is 1610 g/mol. The van der Waals surface area contributed by atoms with Crippen molar-refractivity contribution in [1.29, 1.82) is 0 Å². The van der Waals surface area contributed by atoms with E-state index in [1.54, 1.807) is 88.4 Å². The Hall–Kier alpha value is -10.5. The van der Waals surface area contributed by atoms with Crippen molar-refractivity contribution < 1.29 is 92.2 Å². The summed E-state index contributed by atoms with van der Waals surface area (Å²) in [5.41, 5.74) is 18.8. The van der Waals surface area contributed by atoms with Crippen molar-refractivity contribution in [3.05, 3.63) is 114 Å². The Labute approximate surface area is 668 Å². The molecule has 115 heavy (non-hydrogen) atoms. The zero-order valence-corrected chi connectivity index (χ0v) is 65.9. The van der Waals surface area contributed by atoms with Gasteiger partial charge >= 0.3 is 0 Å². The topological polar surface area (TPSA) is 554 Å². The quantitative estimate of drug-likeness (QED) is 0.0233. The van der Waals surface area contributed by atoms with Crippen molar-refractivity contribution in [3.63, 3.8) is 0 Å². The van der Waals surface area contributed by atoms with Gasteiger partial charge in [0.2, 0.25) is 76.8 Å². The molecule has 630 valence electrons. The number of amides is 13. The molecule has 0 saturated carbocycles. The molecule has 3 aliphatic heterocycles. The Morgan fingerprint density at radius 2 is 1.10 bits per heavy atom. The second-order valence-corrected chi connectivity index (χ2v) is 30.3. The Bertz CT molecular complexity index is 3890. The van der Waals surface area contributed by atoms with Gasteiger partial charge in [0.25, 0.3) is 0 Å². The highest BCUT2D eigenvalue weighted by Crippen LogP contribution is 2.25. The van der Waals surface area contributed by atoms with E-state index >= 15 is 19.2 Å². The normalized spacial score (nSPS) is 25.6. The number of aromatic nitrogens is 3. The maximum Gasteiger partial charge on any atom is 0.246 e. The molecule has 0 unspecified atom stereocenters. The van der Waals surface area contributed by atoms with Gasteiger partial charge in [0, 0.05) is 51.3 Å². The molecule has 3 aliphatic rings. The van der Waals surface area contributed by atoms with E-state index in [2.05, 4.69) is 70.4 Å². The molecule has 0 bridgehead atoms. The SMILES string of the molecule is CCCCCCCCC(=O)N[C@H]1[C@H](OCCn2cc(C[C@H]3NC(=O)[C@H](Cc4ccccc4)NC(=O)[C@@H]4CCCN4C(=O)[C@@H](Cc4ccccc4)NC(=O)[C@H](CC(C)C)NC(=O)[C@H](CCCN)NC(=O)[C@H](C(C)C)NC(=O)[C@H](Cc4ccc(O)cc4)NC(=O)[C@H](CCC(N)=O)NC(=O)[C@H](CC(N)=O)NC3=O)nn2)O[C@H](CO)[C@@H](O)[C@@H]1O. The van der Waals surface area contributed by atoms with Crippen LogP contribution in [0.25, 0.3) is 0 Å². The molecule has 7 rings (SSSR count). The Morgan fingerprint density at radius 1 is 0.583 bits per heavy atom. The molecule has 20 N–H and O–H groups in total. The lowest BCUT2D eigenvalue weighted by molar-refractivity contribution is -0.270. The number of rotatable bonds is 32. The number of aliphatic hydroxyl groups excluding tert-OH is 3. The third kappa shape index (κ3) is 29.1. The molecule has 0 aliphatic carbocycles. The van der Waals surface area contributed by atoms with Gasteiger partial charge in [-0.2, -0.15) is 0 Å². The lowest BCUT2D eigenvalue weighted by Crippen LogP contribution is -2.64. The summed E-state index contributed by atoms with van der Waals surface area (Å²) >= 11 is 0. The van der Waals surface area contributed by atoms with Crippen molar-refractivity contribution >= 4 is 76.8 Å². The van der Waals surface area contributed by atoms with E-state index in [0.717, 1.165) is 32.1 Å². The number of hydrogen-bond acceptors (Lipinski definition) is 22. The summed E-state index contributed by atoms with van der Waals surface area (Å²) in [5, 5.41) is 77.5. The first-order chi connectivity index (χ1) is 54.9. The highest BCUT2D eigenvalue weighted by molar-refractivity contribution is 6.01. The van der Waals surface area contributed by atoms with Gasteiger partial charge in [0.1, 0.15) is 90.5 Å². The van der Waals surface area contributed by atoms with Gasteiger partial charge in [-0.1, -0.05) is 145 Å². The number of aliphatic hydroxyl groups is 3. The molecule has 4 heterocycles. The molecule has 13 amide bonds. The van der Waals surface area contributed by atoms with Gasteiger partial charge in [-0.3, -0.25) is 62.3 Å². The highest BCUT2D eigenvalue weighted by atomic mass is 16.7. The van der Waals surface area contributed by atoms with E-state index < -0.39 is 206 Å². The van der Waals surface area contributed by atoms with Crippen LogP contribution >= 0.6 is 0 Å². The molecule has 15 atom stereocenters. The van der Waals surface area contributed by atoms with Crippen LogP contribution in [0.1, 0.15) is 153 Å². The molecule has 3 saturated heterocycles. The average Bonchev–Trinajstić information content (AvgIpc) is 1.81. The van der Waals surface area contributed by atoms with Crippen LogP contribution in [0.15, 0.2) is 91.1 Å². The monoisotopic (exact) mass is 1610 g/mol. The maximum atomic E-state index is 15.4. The molecule has 3 fully saturated rings. The number of nitrogens with one attached hydrogen (secondary N) is 10. The number of ether oxygens (including phenoxy) is 2. The minimum Gasteiger partial charge on any atom is -0.508 e. The number of nitrogens with zero attached hydrogens (tertiary/aromatic N) is 4. The smallest absolute Gasteiger partial charge is 0.246 e. The number of unbranched alkanes of at least 4 members (excludes halogenated alkanes) is 5. The Morgan fingerprint density at radius 3 is 1.69 bits per heavy atom. The van der Waals surface area contributed by atoms with Crippen LogP contribution in [0, 0.1) is 11.8 Å². The van der Waals surface area contributed by atoms with Crippen molar-refractivity contribution in [1.82, 2.24) is 73.1 Å². The van der Waals surface area contributed by atoms with Crippen LogP contribution in [-0.4, -0.2) is 234 Å². The van der Waals surface area contributed by atoms with E-state index in [-0.39, 0.29) is 101 Å². The third-order valence-electron chi connectivity index (χ3n) is 20.1. The molecule has 4 aromatic rings. The lowest BCUT2D eigenvalue weighted by Gasteiger charge is -2.42. The van der Waals surface area contributed by atoms with Crippen molar-refractivity contribution in [3.8, 4) is 5.75 Å². The number of nitrogens with two attached hydrogens (primary N) is 3. The second kappa shape index (κ2) is 46.1. The van der Waals surface area contributed by atoms with E-state index in [1.807, 2.05) is 0 Å². The number of hydrogen-bond donors (Lipinski definition) is 17. The molecule has 0 radical (unpaired) electrons. The first-order valence-corrected chi connectivity index (χ1v) is 39.5. The fourth-order valence-corrected chi connectivity index (χ4v) is 13.8. The number of carbonyl (C=O) groups is 13. The van der Waals surface area contributed by atoms with Crippen LogP contribution in [0.2, 0.25) is 0 Å². The fourth-order valence-electron chi connectivity index (χ4n) is 13.8. The van der Waals surface area contributed by atoms with Gasteiger partial charge in [-0.25, -0.2) is 4.68 Å². The summed E-state index contributed by atoms with van der Waals surface area (Å²) in [7, 11) is 0. The molecule has 36 nitrogen and oxygen atoms in total. The molecule has 3 aromatic carbocycles. The van der Waals surface area contributed by atoms with E-state index in [9.17, 15) is 63.6 Å². The summed E-state index contributed by atoms with van der Waals surface area (Å²) in [6.45, 7) is 7.82. The number of fused-ring (bicyclic) bond motifs is 1. The number of phenols is 1. The van der Waals surface area contributed by atoms with Crippen molar-refractivity contribution in [2.45, 2.75) is 254 Å². The summed E-state index contributed by atoms with van der Waals surface area (Å²) in [6.07, 6.45) is -1.94. The first kappa shape index (κ1) is 91.6. The number of benzene rings is 3. The predicted molar refractivity (Wildman–Crippen MR) is 416 cm³/mol. The van der Waals surface area contributed by atoms with Gasteiger partial charge in [-0.15, -0.1) is 5.10 Å². The Balaban J connectivity index is 1.29. The minimum atomic E-state index is -2.00. The lowest BCUT2D eigenvalue weighted by atomic mass is 9.96. The Kier molecular flexibility index (Phi) is 36.8. The fraction of sp³-hybridized carbons (Fsp3) is 0.582. The van der Waals surface area contributed by atoms with Gasteiger partial charge in [-0.05, 0) is 92.1 Å². The van der Waals surface area contributed by atoms with Crippen LogP contribution in [0.5, 0.6) is 5.75 Å². The van der Waals surface area contributed by atoms with Crippen LogP contribution in [0.4, 0.5) is 0 Å². The van der Waals surface area contributed by atoms with Crippen LogP contribution < -0.4 is 70.4 Å². The summed E-state index contributed by atoms with van der Waals surface area (Å²) in [4.78, 5) is 190. The maximum absolute atomic E-state index is 15.4. The number of carbonyl (C=O) groups excluding carboxylic acids is 13. The second-order valence-electron chi connectivity index (χ2n) is 30.3. The highest BCUT2D eigenvalue weighted by Gasteiger charge is 2.47. The standard InChI is InChI=1S/C79H115N17O19/c1-6-7-8-9-10-17-26-64(101)91-66-68(103)67(102)61(44-97)115-79(66)114-36-35-95-43-50(93-94-95)41-57-73(108)88-58(42-63(82)100)74(109)83-53(31-32-62(81)99)70(105)86-56(39-49-27-29-51(98)30-28-49)75(110)92-65(46(4)5)77(112)84-52(24-18-33-80)69(104)85-54(37-45(2)3)71(106)90-59(40-48-22-15-12-16-23-48)78(113)96-34-19-25-60(96)76(111)89-55(72(107)87-57)38-47-20-13-11-14-21-47/h11-16,20-23,27-30,43,45-46,52-61,65-68,79,97-98,102-103H,6-10,17-19,24-26,31-42,44,80H2,1-5H3,(H2,81,99)(H2,82,100)(H,83,109)(H,84,112)(H,85,104)(H,86,105)(H,87,107)(H,88,108)(H,89,111)(H,90,106)(H,91,101)(H,92,110)/t52-,53-,54-,55-,56-,57+,58-,59+,60-,61+,65-,66+,67+,68+,79+/m0/s1. The first-order valence-electron chi connectivity index (χ1n) is 39.5. The molecule has 1 aromatic heterocycles. The zero-order chi connectivity index (χ0) is 83.8. The number of primary amides is 2. The van der Waals surface area contributed by atoms with Gasteiger partial charge < -0.3 is 105 Å². The zero-order valence-electron chi connectivity index (χ0n) is 65.9. The van der Waals surface area contributed by atoms with Crippen LogP contribution in [0.3, 0.4) is 0 Å². The summed E-state index contributed by atoms with van der Waals surface area (Å²) < 4.78 is 13.1. The minimum absolute atomic E-state index is 0.00869. The molecule has 0 spiro atoms. The summed E-state index contributed by atoms with van der Waals surface area (Å²) in [5.74, 6) is -13.3. The number of phenolic OH excluding ortho intramolecular Hbond substituents is 1. The number of aromatic hydroxyl groups is 1. The molecular formula is C79H115N17O19. The largest absolute Gasteiger partial charge is 0.508 e. The van der Waals surface area contributed by atoms with Crippen molar-refractivity contribution in [2.75, 3.05) is 26.3 Å². The van der Waals surface area contributed by atoms with E-state index in [0.29, 0.717) is 23.1 Å². The summed E-state index contributed by atoms with van der Waals surface area (Å²) in [6, 6.07) is 5.63. The van der Waals surface area contributed by atoms with Crippen molar-refractivity contribution in [2.24, 2.45) is 29.0 Å². The van der Waals surface area contributed by atoms with E-state index in [4.69, 9.17) is 26.7 Å². The van der Waals surface area contributed by atoms with Crippen LogP contribution in [-0.2, 0) is 104 Å².